The number of aromatic nitrogens is 1. The first-order valence-electron chi connectivity index (χ1n) is 13.0. The first kappa shape index (κ1) is 23.6. The molecule has 0 radical (unpaired) electrons. The van der Waals surface area contributed by atoms with E-state index in [0.29, 0.717) is 17.1 Å². The van der Waals surface area contributed by atoms with Crippen molar-refractivity contribution in [2.45, 2.75) is 83.0 Å². The molecule has 0 aliphatic heterocycles. The van der Waals surface area contributed by atoms with Crippen LogP contribution in [-0.4, -0.2) is 16.5 Å². The van der Waals surface area contributed by atoms with E-state index >= 15 is 0 Å². The smallest absolute Gasteiger partial charge is 0.136 e. The highest BCUT2D eigenvalue weighted by Gasteiger charge is 2.31. The van der Waals surface area contributed by atoms with Gasteiger partial charge in [0.05, 0.1) is 0 Å². The van der Waals surface area contributed by atoms with Gasteiger partial charge in [-0.1, -0.05) is 51.1 Å². The predicted molar refractivity (Wildman–Crippen MR) is 144 cm³/mol. The fraction of sp³-hybridized carbons (Fsp3) is 0.484. The molecule has 0 bridgehead atoms. The summed E-state index contributed by atoms with van der Waals surface area (Å²) in [6, 6.07) is 15.5. The van der Waals surface area contributed by atoms with Crippen LogP contribution in [-0.2, 0) is 24.1 Å². The number of nitrogens with zero attached hydrogens (tertiary/aromatic N) is 1. The molecule has 1 aromatic heterocycles. The molecule has 1 unspecified atom stereocenters. The van der Waals surface area contributed by atoms with Crippen molar-refractivity contribution in [3.05, 3.63) is 71.0 Å². The van der Waals surface area contributed by atoms with Crippen molar-refractivity contribution in [3.8, 4) is 0 Å². The SMILES string of the molecule is CC(C)(C)CCCC(=O)C1Cc2cc3cnc(C4CC4)cc3c(SCCc3ccccc3)c2C1. The zero-order chi connectivity index (χ0) is 23.7. The molecule has 2 aromatic carbocycles. The number of ketones is 1. The largest absolute Gasteiger partial charge is 0.299 e. The summed E-state index contributed by atoms with van der Waals surface area (Å²) in [6.07, 6.45) is 10.3. The first-order chi connectivity index (χ1) is 16.4. The second-order valence-corrected chi connectivity index (χ2v) is 12.6. The van der Waals surface area contributed by atoms with Crippen LogP contribution in [0.15, 0.2) is 53.6 Å². The Kier molecular flexibility index (Phi) is 6.84. The van der Waals surface area contributed by atoms with E-state index in [2.05, 4.69) is 69.4 Å². The summed E-state index contributed by atoms with van der Waals surface area (Å²) in [5.74, 6) is 2.32. The number of aryl methyl sites for hydroxylation is 1. The van der Waals surface area contributed by atoms with E-state index in [0.717, 1.165) is 44.3 Å². The molecule has 1 atom stereocenters. The molecule has 1 saturated carbocycles. The standard InChI is InChI=1S/C31H37NOS/c1-31(2,3)14-7-10-29(33)24-16-23-17-25-20-32-28(22-11-12-22)19-27(25)30(26(23)18-24)34-15-13-21-8-5-4-6-9-21/h4-6,8-9,17,19-20,22,24H,7,10-16,18H2,1-3H3. The van der Waals surface area contributed by atoms with E-state index in [1.807, 2.05) is 11.8 Å². The van der Waals surface area contributed by atoms with E-state index in [1.54, 1.807) is 0 Å². The molecule has 0 amide bonds. The van der Waals surface area contributed by atoms with Crippen LogP contribution in [0.5, 0.6) is 0 Å². The van der Waals surface area contributed by atoms with Crippen LogP contribution in [0.4, 0.5) is 0 Å². The predicted octanol–water partition coefficient (Wildman–Crippen LogP) is 7.95. The van der Waals surface area contributed by atoms with Crippen LogP contribution in [0.25, 0.3) is 10.8 Å². The van der Waals surface area contributed by atoms with E-state index in [4.69, 9.17) is 4.98 Å². The molecule has 5 rings (SSSR count). The second-order valence-electron chi connectivity index (χ2n) is 11.5. The number of hydrogen-bond donors (Lipinski definition) is 0. The van der Waals surface area contributed by atoms with Gasteiger partial charge < -0.3 is 0 Å². The number of carbonyl (C=O) groups is 1. The lowest BCUT2D eigenvalue weighted by molar-refractivity contribution is -0.122. The van der Waals surface area contributed by atoms with E-state index in [1.165, 1.54) is 50.9 Å². The Morgan fingerprint density at radius 1 is 1.09 bits per heavy atom. The minimum atomic E-state index is 0.149. The molecule has 2 aliphatic carbocycles. The summed E-state index contributed by atoms with van der Waals surface area (Å²) in [7, 11) is 0. The van der Waals surface area contributed by atoms with Crippen LogP contribution < -0.4 is 0 Å². The molecule has 0 spiro atoms. The number of carbonyl (C=O) groups excluding carboxylic acids is 1. The summed E-state index contributed by atoms with van der Waals surface area (Å²) in [5.41, 5.74) is 5.76. The highest BCUT2D eigenvalue weighted by molar-refractivity contribution is 7.99. The Hall–Kier alpha value is -2.13. The molecular formula is C31H37NOS. The maximum absolute atomic E-state index is 13.1. The average molecular weight is 472 g/mol. The number of rotatable bonds is 9. The quantitative estimate of drug-likeness (QED) is 0.297. The zero-order valence-electron chi connectivity index (χ0n) is 20.9. The lowest BCUT2D eigenvalue weighted by Crippen LogP contribution is -2.15. The monoisotopic (exact) mass is 471 g/mol. The molecule has 3 heteroatoms. The van der Waals surface area contributed by atoms with Crippen molar-refractivity contribution in [3.63, 3.8) is 0 Å². The molecule has 178 valence electrons. The Balaban J connectivity index is 1.38. The lowest BCUT2D eigenvalue weighted by atomic mass is 9.88. The molecule has 0 saturated heterocycles. The minimum absolute atomic E-state index is 0.149. The van der Waals surface area contributed by atoms with Gasteiger partial charge in [0.1, 0.15) is 5.78 Å². The van der Waals surface area contributed by atoms with Gasteiger partial charge in [-0.05, 0) is 84.6 Å². The first-order valence-corrected chi connectivity index (χ1v) is 14.0. The molecule has 2 nitrogen and oxygen atoms in total. The lowest BCUT2D eigenvalue weighted by Gasteiger charge is -2.18. The molecule has 34 heavy (non-hydrogen) atoms. The van der Waals surface area contributed by atoms with Gasteiger partial charge in [0.25, 0.3) is 0 Å². The van der Waals surface area contributed by atoms with Gasteiger partial charge in [0.2, 0.25) is 0 Å². The van der Waals surface area contributed by atoms with Gasteiger partial charge in [0, 0.05) is 46.2 Å². The Labute approximate surface area is 209 Å². The van der Waals surface area contributed by atoms with Crippen LogP contribution >= 0.6 is 11.8 Å². The average Bonchev–Trinajstić information content (AvgIpc) is 3.57. The third kappa shape index (κ3) is 5.57. The summed E-state index contributed by atoms with van der Waals surface area (Å²) < 4.78 is 0. The molecule has 1 heterocycles. The molecule has 1 fully saturated rings. The van der Waals surface area contributed by atoms with Crippen LogP contribution in [0, 0.1) is 11.3 Å². The van der Waals surface area contributed by atoms with Crippen molar-refractivity contribution < 1.29 is 4.79 Å². The number of benzene rings is 2. The van der Waals surface area contributed by atoms with Gasteiger partial charge in [-0.25, -0.2) is 0 Å². The van der Waals surface area contributed by atoms with E-state index in [9.17, 15) is 4.79 Å². The maximum atomic E-state index is 13.1. The zero-order valence-corrected chi connectivity index (χ0v) is 21.7. The van der Waals surface area contributed by atoms with Crippen LogP contribution in [0.1, 0.15) is 81.2 Å². The molecule has 2 aliphatic rings. The van der Waals surface area contributed by atoms with E-state index in [-0.39, 0.29) is 5.92 Å². The van der Waals surface area contributed by atoms with Crippen molar-refractivity contribution in [1.29, 1.82) is 0 Å². The Bertz CT molecular complexity index is 1170. The Morgan fingerprint density at radius 3 is 2.62 bits per heavy atom. The number of fused-ring (bicyclic) bond motifs is 2. The topological polar surface area (TPSA) is 30.0 Å². The summed E-state index contributed by atoms with van der Waals surface area (Å²) in [4.78, 5) is 19.4. The number of Topliss-reactive ketones (excluding diaryl/α,β-unsaturated/α-hetero) is 1. The molecule has 0 N–H and O–H groups in total. The maximum Gasteiger partial charge on any atom is 0.136 e. The minimum Gasteiger partial charge on any atom is -0.299 e. The summed E-state index contributed by atoms with van der Waals surface area (Å²) in [6.45, 7) is 6.78. The highest BCUT2D eigenvalue weighted by Crippen LogP contribution is 2.44. The highest BCUT2D eigenvalue weighted by atomic mass is 32.2. The van der Waals surface area contributed by atoms with Crippen molar-refractivity contribution >= 4 is 28.3 Å². The number of thioether (sulfide) groups is 1. The summed E-state index contributed by atoms with van der Waals surface area (Å²) in [5, 5.41) is 2.60. The van der Waals surface area contributed by atoms with Gasteiger partial charge in [-0.15, -0.1) is 11.8 Å². The van der Waals surface area contributed by atoms with Crippen molar-refractivity contribution in [2.24, 2.45) is 11.3 Å². The molecular weight excluding hydrogens is 434 g/mol. The van der Waals surface area contributed by atoms with E-state index < -0.39 is 0 Å². The normalized spacial score (nSPS) is 17.8. The van der Waals surface area contributed by atoms with Gasteiger partial charge >= 0.3 is 0 Å². The van der Waals surface area contributed by atoms with Gasteiger partial charge in [-0.3, -0.25) is 9.78 Å². The van der Waals surface area contributed by atoms with Gasteiger partial charge in [-0.2, -0.15) is 0 Å². The van der Waals surface area contributed by atoms with Crippen molar-refractivity contribution in [2.75, 3.05) is 5.75 Å². The van der Waals surface area contributed by atoms with Crippen molar-refractivity contribution in [1.82, 2.24) is 4.98 Å². The fourth-order valence-corrected chi connectivity index (χ4v) is 6.54. The third-order valence-electron chi connectivity index (χ3n) is 7.39. The van der Waals surface area contributed by atoms with Crippen LogP contribution in [0.2, 0.25) is 0 Å². The fourth-order valence-electron chi connectivity index (χ4n) is 5.27. The third-order valence-corrected chi connectivity index (χ3v) is 8.55. The number of hydrogen-bond acceptors (Lipinski definition) is 3. The Morgan fingerprint density at radius 2 is 1.88 bits per heavy atom. The second kappa shape index (κ2) is 9.85. The number of pyridine rings is 1. The van der Waals surface area contributed by atoms with Gasteiger partial charge in [0.15, 0.2) is 0 Å². The summed E-state index contributed by atoms with van der Waals surface area (Å²) >= 11 is 1.99. The van der Waals surface area contributed by atoms with Crippen LogP contribution in [0.3, 0.4) is 0 Å². The molecule has 3 aromatic rings.